The van der Waals surface area contributed by atoms with E-state index in [4.69, 9.17) is 0 Å². The number of hydrogen-bond donors (Lipinski definition) is 2. The molecule has 0 atom stereocenters. The fraction of sp³-hybridized carbons (Fsp3) is 0.786. The predicted molar refractivity (Wildman–Crippen MR) is 78.2 cm³/mol. The number of nitrogens with one attached hydrogen (secondary N) is 2. The van der Waals surface area contributed by atoms with E-state index < -0.39 is 0 Å². The Hall–Kier alpha value is -0.450. The molecule has 0 spiro atoms. The standard InChI is InChI=1S/C14H25N3S/c1-15-14(6-3-2-4-7-14)8-10-16-9-5-13-11-18-12-17-13/h11-12,15-16H,2-10H2,1H3. The van der Waals surface area contributed by atoms with Gasteiger partial charge in [-0.15, -0.1) is 11.3 Å². The molecule has 1 saturated carbocycles. The van der Waals surface area contributed by atoms with Crippen molar-refractivity contribution in [3.8, 4) is 0 Å². The summed E-state index contributed by atoms with van der Waals surface area (Å²) in [6, 6.07) is 0. The highest BCUT2D eigenvalue weighted by Gasteiger charge is 2.29. The predicted octanol–water partition coefficient (Wildman–Crippen LogP) is 2.59. The lowest BCUT2D eigenvalue weighted by Crippen LogP contribution is -2.46. The van der Waals surface area contributed by atoms with Gasteiger partial charge in [0.25, 0.3) is 0 Å². The lowest BCUT2D eigenvalue weighted by atomic mass is 9.79. The molecule has 2 rings (SSSR count). The zero-order chi connectivity index (χ0) is 12.7. The number of hydrogen-bond acceptors (Lipinski definition) is 4. The van der Waals surface area contributed by atoms with Crippen LogP contribution in [-0.4, -0.2) is 30.7 Å². The highest BCUT2D eigenvalue weighted by atomic mass is 32.1. The molecule has 1 aromatic heterocycles. The van der Waals surface area contributed by atoms with E-state index in [-0.39, 0.29) is 0 Å². The Morgan fingerprint density at radius 3 is 2.78 bits per heavy atom. The van der Waals surface area contributed by atoms with Crippen LogP contribution in [0.1, 0.15) is 44.2 Å². The van der Waals surface area contributed by atoms with Gasteiger partial charge in [-0.25, -0.2) is 4.98 Å². The lowest BCUT2D eigenvalue weighted by molar-refractivity contribution is 0.228. The van der Waals surface area contributed by atoms with Gasteiger partial charge in [-0.2, -0.15) is 0 Å². The Labute approximate surface area is 114 Å². The SMILES string of the molecule is CNC1(CCNCCc2cscn2)CCCCC1. The van der Waals surface area contributed by atoms with Crippen molar-refractivity contribution in [3.63, 3.8) is 0 Å². The molecule has 0 aliphatic heterocycles. The van der Waals surface area contributed by atoms with E-state index in [1.165, 1.54) is 44.2 Å². The molecule has 0 bridgehead atoms. The minimum Gasteiger partial charge on any atom is -0.316 e. The largest absolute Gasteiger partial charge is 0.316 e. The maximum Gasteiger partial charge on any atom is 0.0794 e. The minimum atomic E-state index is 0.409. The molecule has 1 aliphatic carbocycles. The minimum absolute atomic E-state index is 0.409. The van der Waals surface area contributed by atoms with Crippen molar-refractivity contribution < 1.29 is 0 Å². The maximum atomic E-state index is 4.30. The lowest BCUT2D eigenvalue weighted by Gasteiger charge is -2.37. The highest BCUT2D eigenvalue weighted by Crippen LogP contribution is 2.30. The molecule has 1 aliphatic rings. The van der Waals surface area contributed by atoms with Crippen LogP contribution in [0.2, 0.25) is 0 Å². The van der Waals surface area contributed by atoms with Gasteiger partial charge >= 0.3 is 0 Å². The molecule has 0 aromatic carbocycles. The van der Waals surface area contributed by atoms with Crippen LogP contribution in [0.4, 0.5) is 0 Å². The van der Waals surface area contributed by atoms with Gasteiger partial charge in [0.15, 0.2) is 0 Å². The first-order valence-electron chi connectivity index (χ1n) is 7.11. The van der Waals surface area contributed by atoms with E-state index >= 15 is 0 Å². The van der Waals surface area contributed by atoms with Crippen molar-refractivity contribution in [1.29, 1.82) is 0 Å². The number of aromatic nitrogens is 1. The first kappa shape index (κ1) is 14.0. The zero-order valence-electron chi connectivity index (χ0n) is 11.4. The fourth-order valence-electron chi connectivity index (χ4n) is 2.88. The van der Waals surface area contributed by atoms with Crippen molar-refractivity contribution in [2.45, 2.75) is 50.5 Å². The smallest absolute Gasteiger partial charge is 0.0794 e. The summed E-state index contributed by atoms with van der Waals surface area (Å²) in [6.07, 6.45) is 9.19. The molecule has 1 aromatic rings. The third-order valence-corrected chi connectivity index (χ3v) is 4.80. The maximum absolute atomic E-state index is 4.30. The molecule has 0 amide bonds. The summed E-state index contributed by atoms with van der Waals surface area (Å²) < 4.78 is 0. The van der Waals surface area contributed by atoms with Gasteiger partial charge in [0.2, 0.25) is 0 Å². The highest BCUT2D eigenvalue weighted by molar-refractivity contribution is 7.07. The quantitative estimate of drug-likeness (QED) is 0.746. The molecular formula is C14H25N3S. The van der Waals surface area contributed by atoms with Gasteiger partial charge < -0.3 is 10.6 Å². The van der Waals surface area contributed by atoms with Gasteiger partial charge in [-0.05, 0) is 32.9 Å². The molecule has 4 heteroatoms. The van der Waals surface area contributed by atoms with Crippen LogP contribution in [-0.2, 0) is 6.42 Å². The van der Waals surface area contributed by atoms with Crippen LogP contribution in [0.15, 0.2) is 10.9 Å². The average Bonchev–Trinajstić information content (AvgIpc) is 2.93. The Kier molecular flexibility index (Phi) is 5.60. The monoisotopic (exact) mass is 267 g/mol. The van der Waals surface area contributed by atoms with E-state index in [0.29, 0.717) is 5.54 Å². The van der Waals surface area contributed by atoms with Crippen LogP contribution in [0.25, 0.3) is 0 Å². The van der Waals surface area contributed by atoms with Gasteiger partial charge in [0.1, 0.15) is 0 Å². The van der Waals surface area contributed by atoms with E-state index in [1.54, 1.807) is 11.3 Å². The van der Waals surface area contributed by atoms with Gasteiger partial charge in [-0.1, -0.05) is 19.3 Å². The summed E-state index contributed by atoms with van der Waals surface area (Å²) in [6.45, 7) is 2.16. The van der Waals surface area contributed by atoms with E-state index in [2.05, 4.69) is 28.0 Å². The van der Waals surface area contributed by atoms with Crippen LogP contribution in [0, 0.1) is 0 Å². The van der Waals surface area contributed by atoms with Crippen LogP contribution < -0.4 is 10.6 Å². The molecule has 0 saturated heterocycles. The fourth-order valence-corrected chi connectivity index (χ4v) is 3.48. The van der Waals surface area contributed by atoms with Crippen molar-refractivity contribution in [2.75, 3.05) is 20.1 Å². The first-order valence-corrected chi connectivity index (χ1v) is 8.06. The second-order valence-electron chi connectivity index (χ2n) is 5.32. The molecule has 1 fully saturated rings. The summed E-state index contributed by atoms with van der Waals surface area (Å²) in [7, 11) is 2.13. The van der Waals surface area contributed by atoms with Crippen molar-refractivity contribution in [1.82, 2.24) is 15.6 Å². The van der Waals surface area contributed by atoms with Gasteiger partial charge in [0.05, 0.1) is 11.2 Å². The van der Waals surface area contributed by atoms with Crippen LogP contribution in [0.3, 0.4) is 0 Å². The molecule has 3 nitrogen and oxygen atoms in total. The summed E-state index contributed by atoms with van der Waals surface area (Å²) in [4.78, 5) is 4.30. The van der Waals surface area contributed by atoms with E-state index in [0.717, 1.165) is 19.5 Å². The summed E-state index contributed by atoms with van der Waals surface area (Å²) >= 11 is 1.68. The second kappa shape index (κ2) is 7.22. The molecule has 1 heterocycles. The molecule has 102 valence electrons. The Bertz CT molecular complexity index is 318. The Morgan fingerprint density at radius 1 is 1.28 bits per heavy atom. The summed E-state index contributed by atoms with van der Waals surface area (Å²) in [5, 5.41) is 9.26. The third kappa shape index (κ3) is 4.04. The number of thiazole rings is 1. The number of nitrogens with zero attached hydrogens (tertiary/aromatic N) is 1. The van der Waals surface area contributed by atoms with Gasteiger partial charge in [-0.3, -0.25) is 0 Å². The third-order valence-electron chi connectivity index (χ3n) is 4.16. The van der Waals surface area contributed by atoms with Crippen molar-refractivity contribution in [3.05, 3.63) is 16.6 Å². The molecule has 18 heavy (non-hydrogen) atoms. The molecule has 2 N–H and O–H groups in total. The Morgan fingerprint density at radius 2 is 2.11 bits per heavy atom. The second-order valence-corrected chi connectivity index (χ2v) is 6.04. The van der Waals surface area contributed by atoms with E-state index in [9.17, 15) is 0 Å². The topological polar surface area (TPSA) is 37.0 Å². The molecule has 0 unspecified atom stereocenters. The van der Waals surface area contributed by atoms with Crippen LogP contribution in [0.5, 0.6) is 0 Å². The van der Waals surface area contributed by atoms with E-state index in [1.807, 2.05) is 5.51 Å². The average molecular weight is 267 g/mol. The normalized spacial score (nSPS) is 18.9. The molecule has 0 radical (unpaired) electrons. The van der Waals surface area contributed by atoms with Crippen molar-refractivity contribution in [2.24, 2.45) is 0 Å². The van der Waals surface area contributed by atoms with Crippen molar-refractivity contribution >= 4 is 11.3 Å². The van der Waals surface area contributed by atoms with Crippen LogP contribution >= 0.6 is 11.3 Å². The summed E-state index contributed by atoms with van der Waals surface area (Å²) in [5.74, 6) is 0. The summed E-state index contributed by atoms with van der Waals surface area (Å²) in [5.41, 5.74) is 3.53. The first-order chi connectivity index (χ1) is 8.85. The Balaban J connectivity index is 1.61. The zero-order valence-corrected chi connectivity index (χ0v) is 12.2. The number of rotatable bonds is 7. The van der Waals surface area contributed by atoms with Gasteiger partial charge in [0, 0.05) is 23.9 Å². The molecular weight excluding hydrogens is 242 g/mol.